The summed E-state index contributed by atoms with van der Waals surface area (Å²) in [6, 6.07) is 24.2. The number of hydrogen-bond acceptors (Lipinski definition) is 4. The molecule has 38 heavy (non-hydrogen) atoms. The minimum atomic E-state index is -0.471. The van der Waals surface area contributed by atoms with Crippen molar-refractivity contribution in [2.24, 2.45) is 5.73 Å². The molecule has 2 fully saturated rings. The van der Waals surface area contributed by atoms with Crippen molar-refractivity contribution in [2.45, 2.75) is 62.9 Å². The Bertz CT molecular complexity index is 1310. The van der Waals surface area contributed by atoms with Gasteiger partial charge in [-0.25, -0.2) is 0 Å². The molecular formula is C32H38N4O2. The summed E-state index contributed by atoms with van der Waals surface area (Å²) in [6.45, 7) is 3.26. The number of carbonyl (C=O) groups excluding carboxylic acids is 2. The number of nitrogens with zero attached hydrogens (tertiary/aromatic N) is 3. The van der Waals surface area contributed by atoms with E-state index in [2.05, 4.69) is 75.4 Å². The Morgan fingerprint density at radius 3 is 2.39 bits per heavy atom. The first-order chi connectivity index (χ1) is 18.6. The number of carbonyl (C=O) groups is 2. The molecule has 3 aromatic rings. The van der Waals surface area contributed by atoms with Crippen LogP contribution >= 0.6 is 0 Å². The second-order valence-corrected chi connectivity index (χ2v) is 11.3. The maximum Gasteiger partial charge on any atom is 0.250 e. The number of para-hydroxylation sites is 1. The number of likely N-dealkylation sites (tertiary alicyclic amines) is 1. The minimum absolute atomic E-state index is 0.232. The highest BCUT2D eigenvalue weighted by Gasteiger charge is 2.54. The van der Waals surface area contributed by atoms with Crippen LogP contribution < -0.4 is 10.6 Å². The summed E-state index contributed by atoms with van der Waals surface area (Å²) in [4.78, 5) is 32.1. The number of anilines is 1. The van der Waals surface area contributed by atoms with Crippen LogP contribution in [0.15, 0.2) is 66.7 Å². The lowest BCUT2D eigenvalue weighted by atomic mass is 9.84. The minimum Gasteiger partial charge on any atom is -0.370 e. The number of primary amides is 1. The van der Waals surface area contributed by atoms with E-state index in [1.807, 2.05) is 6.07 Å². The summed E-state index contributed by atoms with van der Waals surface area (Å²) in [5.41, 5.74) is 8.83. The molecule has 198 valence electrons. The number of rotatable bonds is 9. The molecular weight excluding hydrogens is 472 g/mol. The van der Waals surface area contributed by atoms with Crippen molar-refractivity contribution < 1.29 is 9.59 Å². The van der Waals surface area contributed by atoms with Crippen molar-refractivity contribution in [1.82, 2.24) is 9.80 Å². The lowest BCUT2D eigenvalue weighted by molar-refractivity contribution is -0.133. The molecule has 6 heteroatoms. The van der Waals surface area contributed by atoms with Gasteiger partial charge in [-0.3, -0.25) is 14.5 Å². The van der Waals surface area contributed by atoms with Crippen molar-refractivity contribution in [2.75, 3.05) is 31.2 Å². The summed E-state index contributed by atoms with van der Waals surface area (Å²) in [7, 11) is 0. The van der Waals surface area contributed by atoms with E-state index in [1.165, 1.54) is 21.9 Å². The van der Waals surface area contributed by atoms with Crippen LogP contribution in [0.3, 0.4) is 0 Å². The van der Waals surface area contributed by atoms with E-state index in [9.17, 15) is 9.59 Å². The van der Waals surface area contributed by atoms with Crippen molar-refractivity contribution in [3.63, 3.8) is 0 Å². The fourth-order valence-corrected chi connectivity index (χ4v) is 7.08. The van der Waals surface area contributed by atoms with Gasteiger partial charge in [-0.15, -0.1) is 0 Å². The van der Waals surface area contributed by atoms with Gasteiger partial charge in [-0.2, -0.15) is 0 Å². The van der Waals surface area contributed by atoms with E-state index in [4.69, 9.17) is 5.73 Å². The van der Waals surface area contributed by atoms with E-state index in [1.54, 1.807) is 0 Å². The van der Waals surface area contributed by atoms with Crippen molar-refractivity contribution >= 4 is 28.3 Å². The molecule has 0 aromatic heterocycles. The van der Waals surface area contributed by atoms with E-state index in [-0.39, 0.29) is 11.8 Å². The smallest absolute Gasteiger partial charge is 0.250 e. The topological polar surface area (TPSA) is 69.9 Å². The fraction of sp³-hybridized carbons (Fsp3) is 0.438. The quantitative estimate of drug-likeness (QED) is 0.411. The molecule has 2 saturated heterocycles. The molecule has 2 aliphatic heterocycles. The lowest BCUT2D eigenvalue weighted by Crippen LogP contribution is -2.57. The number of nitrogens with two attached hydrogens (primary N) is 1. The van der Waals surface area contributed by atoms with Crippen LogP contribution in [0.4, 0.5) is 5.69 Å². The fourth-order valence-electron chi connectivity index (χ4n) is 7.08. The molecule has 0 saturated carbocycles. The summed E-state index contributed by atoms with van der Waals surface area (Å²) >= 11 is 0. The van der Waals surface area contributed by atoms with Crippen LogP contribution in [0, 0.1) is 0 Å². The second kappa shape index (κ2) is 10.4. The van der Waals surface area contributed by atoms with E-state index < -0.39 is 5.54 Å². The highest BCUT2D eigenvalue weighted by atomic mass is 16.2. The number of amides is 2. The molecule has 1 spiro atoms. The predicted octanol–water partition coefficient (Wildman–Crippen LogP) is 5.01. The zero-order chi connectivity index (χ0) is 26.1. The molecule has 0 bridgehead atoms. The molecule has 6 nitrogen and oxygen atoms in total. The SMILES string of the molecule is NC(=O)CCCCCCN1CN(c2ccccc2)C2(CCN(C3Cc4cccc5cccc3c45)CC2)C1=O. The van der Waals surface area contributed by atoms with Gasteiger partial charge in [0, 0.05) is 37.8 Å². The van der Waals surface area contributed by atoms with Gasteiger partial charge in [0.25, 0.3) is 0 Å². The molecule has 0 radical (unpaired) electrons. The van der Waals surface area contributed by atoms with Crippen LogP contribution in [0.5, 0.6) is 0 Å². The zero-order valence-corrected chi connectivity index (χ0v) is 22.1. The Morgan fingerprint density at radius 2 is 1.63 bits per heavy atom. The largest absolute Gasteiger partial charge is 0.370 e. The molecule has 1 aliphatic carbocycles. The number of benzene rings is 3. The average Bonchev–Trinajstić information content (AvgIpc) is 3.44. The van der Waals surface area contributed by atoms with Gasteiger partial charge in [0.2, 0.25) is 11.8 Å². The number of unbranched alkanes of at least 4 members (excludes halogenated alkanes) is 3. The Hall–Kier alpha value is -3.38. The van der Waals surface area contributed by atoms with Gasteiger partial charge in [0.15, 0.2) is 0 Å². The monoisotopic (exact) mass is 510 g/mol. The van der Waals surface area contributed by atoms with E-state index in [0.717, 1.165) is 70.3 Å². The number of piperidine rings is 1. The van der Waals surface area contributed by atoms with E-state index in [0.29, 0.717) is 19.1 Å². The zero-order valence-electron chi connectivity index (χ0n) is 22.1. The van der Waals surface area contributed by atoms with Crippen LogP contribution in [-0.4, -0.2) is 53.5 Å². The summed E-state index contributed by atoms with van der Waals surface area (Å²) in [6.07, 6.45) is 6.97. The normalized spacial score (nSPS) is 20.6. The molecule has 2 N–H and O–H groups in total. The number of hydrogen-bond donors (Lipinski definition) is 1. The lowest BCUT2D eigenvalue weighted by Gasteiger charge is -2.45. The summed E-state index contributed by atoms with van der Waals surface area (Å²) in [5, 5.41) is 2.77. The molecule has 2 amide bonds. The molecule has 1 atom stereocenters. The first-order valence-electron chi connectivity index (χ1n) is 14.2. The third-order valence-electron chi connectivity index (χ3n) is 9.04. The van der Waals surface area contributed by atoms with Crippen LogP contribution in [-0.2, 0) is 16.0 Å². The van der Waals surface area contributed by atoms with Gasteiger partial charge >= 0.3 is 0 Å². The summed E-state index contributed by atoms with van der Waals surface area (Å²) in [5.74, 6) is 0.0552. The van der Waals surface area contributed by atoms with Gasteiger partial charge in [0.05, 0.1) is 6.67 Å². The Morgan fingerprint density at radius 1 is 0.895 bits per heavy atom. The standard InChI is InChI=1S/C32H38N4O2/c33-29(37)16-6-1-2-7-19-35-23-36(26-13-4-3-5-14-26)32(31(35)38)17-20-34(21-18-32)28-22-25-12-8-10-24-11-9-15-27(28)30(24)25/h3-5,8-15,28H,1-2,6-7,16-23H2,(H2,33,37). The molecule has 3 aliphatic rings. The van der Waals surface area contributed by atoms with Gasteiger partial charge in [-0.1, -0.05) is 67.4 Å². The average molecular weight is 511 g/mol. The predicted molar refractivity (Wildman–Crippen MR) is 152 cm³/mol. The van der Waals surface area contributed by atoms with Gasteiger partial charge in [-0.05, 0) is 66.1 Å². The Balaban J connectivity index is 1.16. The second-order valence-electron chi connectivity index (χ2n) is 11.3. The third-order valence-corrected chi connectivity index (χ3v) is 9.04. The molecule has 2 heterocycles. The van der Waals surface area contributed by atoms with Gasteiger partial charge < -0.3 is 15.5 Å². The molecule has 3 aromatic carbocycles. The maximum absolute atomic E-state index is 14.0. The van der Waals surface area contributed by atoms with Crippen molar-refractivity contribution in [3.05, 3.63) is 77.9 Å². The maximum atomic E-state index is 14.0. The Labute approximate surface area is 225 Å². The first-order valence-corrected chi connectivity index (χ1v) is 14.2. The van der Waals surface area contributed by atoms with Gasteiger partial charge in [0.1, 0.15) is 5.54 Å². The summed E-state index contributed by atoms with van der Waals surface area (Å²) < 4.78 is 0. The van der Waals surface area contributed by atoms with Crippen LogP contribution in [0.1, 0.15) is 62.1 Å². The van der Waals surface area contributed by atoms with Crippen LogP contribution in [0.2, 0.25) is 0 Å². The molecule has 6 rings (SSSR count). The van der Waals surface area contributed by atoms with E-state index >= 15 is 0 Å². The van der Waals surface area contributed by atoms with Crippen molar-refractivity contribution in [1.29, 1.82) is 0 Å². The third kappa shape index (κ3) is 4.45. The molecule has 1 unspecified atom stereocenters. The van der Waals surface area contributed by atoms with Crippen LogP contribution in [0.25, 0.3) is 10.8 Å². The first kappa shape index (κ1) is 24.9. The Kier molecular flexibility index (Phi) is 6.83. The highest BCUT2D eigenvalue weighted by Crippen LogP contribution is 2.45. The van der Waals surface area contributed by atoms with Crippen molar-refractivity contribution in [3.8, 4) is 0 Å². The highest BCUT2D eigenvalue weighted by molar-refractivity contribution is 5.94.